The first-order valence-corrected chi connectivity index (χ1v) is 7.95. The van der Waals surface area contributed by atoms with Gasteiger partial charge in [0.25, 0.3) is 12.3 Å². The highest BCUT2D eigenvalue weighted by Crippen LogP contribution is 2.32. The molecule has 0 aliphatic carbocycles. The molecule has 1 aliphatic heterocycles. The smallest absolute Gasteiger partial charge is 0.282 e. The lowest BCUT2D eigenvalue weighted by Gasteiger charge is -2.34. The van der Waals surface area contributed by atoms with E-state index in [1.807, 2.05) is 6.92 Å². The van der Waals surface area contributed by atoms with Gasteiger partial charge in [-0.25, -0.2) is 13.8 Å². The van der Waals surface area contributed by atoms with Gasteiger partial charge in [-0.3, -0.25) is 19.2 Å². The summed E-state index contributed by atoms with van der Waals surface area (Å²) in [6, 6.07) is 3.41. The van der Waals surface area contributed by atoms with E-state index in [0.29, 0.717) is 5.69 Å². The van der Waals surface area contributed by atoms with E-state index in [2.05, 4.69) is 15.0 Å². The predicted octanol–water partition coefficient (Wildman–Crippen LogP) is 3.04. The van der Waals surface area contributed by atoms with Crippen LogP contribution >= 0.6 is 0 Å². The van der Waals surface area contributed by atoms with Crippen LogP contribution in [0.4, 0.5) is 14.5 Å². The minimum absolute atomic E-state index is 0.123. The second kappa shape index (κ2) is 5.87. The minimum atomic E-state index is -2.85. The second-order valence-electron chi connectivity index (χ2n) is 5.98. The summed E-state index contributed by atoms with van der Waals surface area (Å²) in [6.07, 6.45) is 4.56. The summed E-state index contributed by atoms with van der Waals surface area (Å²) < 4.78 is 28.4. The largest absolute Gasteiger partial charge is 0.302 e. The summed E-state index contributed by atoms with van der Waals surface area (Å²) in [5.41, 5.74) is 1.02. The van der Waals surface area contributed by atoms with Crippen LogP contribution in [0.15, 0.2) is 36.9 Å². The van der Waals surface area contributed by atoms with Crippen molar-refractivity contribution in [2.75, 3.05) is 4.90 Å². The van der Waals surface area contributed by atoms with Crippen molar-refractivity contribution < 1.29 is 13.6 Å². The Hall–Kier alpha value is -2.90. The molecule has 0 bridgehead atoms. The molecule has 128 valence electrons. The Balaban J connectivity index is 1.90. The van der Waals surface area contributed by atoms with Gasteiger partial charge in [-0.15, -0.1) is 0 Å². The van der Waals surface area contributed by atoms with E-state index in [1.54, 1.807) is 23.2 Å². The lowest BCUT2D eigenvalue weighted by atomic mass is 10.00. The molecule has 8 heteroatoms. The van der Waals surface area contributed by atoms with Crippen LogP contribution in [0.3, 0.4) is 0 Å². The van der Waals surface area contributed by atoms with Crippen molar-refractivity contribution >= 4 is 17.2 Å². The van der Waals surface area contributed by atoms with E-state index in [0.717, 1.165) is 18.5 Å². The van der Waals surface area contributed by atoms with Gasteiger partial charge in [-0.1, -0.05) is 0 Å². The molecule has 3 aromatic heterocycles. The van der Waals surface area contributed by atoms with Crippen LogP contribution in [0.1, 0.15) is 41.6 Å². The number of anilines is 1. The molecule has 0 saturated heterocycles. The molecule has 6 nitrogen and oxygen atoms in total. The van der Waals surface area contributed by atoms with Crippen molar-refractivity contribution in [1.29, 1.82) is 0 Å². The Morgan fingerprint density at radius 1 is 1.36 bits per heavy atom. The van der Waals surface area contributed by atoms with Gasteiger partial charge in [0.1, 0.15) is 11.4 Å². The number of aromatic nitrogens is 4. The lowest BCUT2D eigenvalue weighted by molar-refractivity contribution is 0.0953. The monoisotopic (exact) mass is 343 g/mol. The highest BCUT2D eigenvalue weighted by Gasteiger charge is 2.34. The van der Waals surface area contributed by atoms with Crippen LogP contribution in [0.2, 0.25) is 0 Å². The fourth-order valence-corrected chi connectivity index (χ4v) is 3.27. The number of nitrogens with zero attached hydrogens (tertiary/aromatic N) is 5. The Morgan fingerprint density at radius 2 is 2.20 bits per heavy atom. The van der Waals surface area contributed by atoms with Crippen LogP contribution in [-0.4, -0.2) is 31.3 Å². The van der Waals surface area contributed by atoms with Gasteiger partial charge in [-0.05, 0) is 31.9 Å². The van der Waals surface area contributed by atoms with E-state index >= 15 is 0 Å². The standard InChI is InChI=1S/C17H15F2N5O/c1-10-4-5-11-12(3-2-6-21-11)24(10)17(25)15-14(16(18)19)22-13-9-20-7-8-23(13)15/h2-3,6-10,16H,4-5H2,1H3. The maximum Gasteiger partial charge on any atom is 0.282 e. The van der Waals surface area contributed by atoms with Crippen molar-refractivity contribution in [1.82, 2.24) is 19.4 Å². The van der Waals surface area contributed by atoms with Crippen LogP contribution in [0, 0.1) is 0 Å². The van der Waals surface area contributed by atoms with E-state index in [4.69, 9.17) is 0 Å². The third kappa shape index (κ3) is 2.45. The van der Waals surface area contributed by atoms with Crippen LogP contribution in [0.25, 0.3) is 5.65 Å². The molecule has 0 radical (unpaired) electrons. The molecular weight excluding hydrogens is 328 g/mol. The maximum atomic E-state index is 13.5. The minimum Gasteiger partial charge on any atom is -0.302 e. The Labute approximate surface area is 142 Å². The van der Waals surface area contributed by atoms with Gasteiger partial charge < -0.3 is 4.90 Å². The number of rotatable bonds is 2. The van der Waals surface area contributed by atoms with E-state index in [9.17, 15) is 13.6 Å². The van der Waals surface area contributed by atoms with Gasteiger partial charge in [-0.2, -0.15) is 0 Å². The molecule has 4 heterocycles. The maximum absolute atomic E-state index is 13.5. The SMILES string of the molecule is CC1CCc2ncccc2N1C(=O)c1c(C(F)F)nc2cnccn12. The van der Waals surface area contributed by atoms with E-state index < -0.39 is 18.0 Å². The van der Waals surface area contributed by atoms with Gasteiger partial charge >= 0.3 is 0 Å². The predicted molar refractivity (Wildman–Crippen MR) is 86.8 cm³/mol. The van der Waals surface area contributed by atoms with Crippen molar-refractivity contribution in [2.24, 2.45) is 0 Å². The third-order valence-corrected chi connectivity index (χ3v) is 4.45. The summed E-state index contributed by atoms with van der Waals surface area (Å²) in [5.74, 6) is -0.504. The fraction of sp³-hybridized carbons (Fsp3) is 0.294. The molecule has 1 unspecified atom stereocenters. The second-order valence-corrected chi connectivity index (χ2v) is 5.98. The molecule has 0 N–H and O–H groups in total. The zero-order valence-corrected chi connectivity index (χ0v) is 13.4. The van der Waals surface area contributed by atoms with Gasteiger partial charge in [0.05, 0.1) is 17.6 Å². The van der Waals surface area contributed by atoms with Gasteiger partial charge in [0.15, 0.2) is 5.65 Å². The highest BCUT2D eigenvalue weighted by molar-refractivity contribution is 6.07. The first-order valence-electron chi connectivity index (χ1n) is 7.95. The van der Waals surface area contributed by atoms with Crippen molar-refractivity contribution in [2.45, 2.75) is 32.2 Å². The normalized spacial score (nSPS) is 17.1. The average Bonchev–Trinajstić information content (AvgIpc) is 3.01. The van der Waals surface area contributed by atoms with Crippen molar-refractivity contribution in [3.63, 3.8) is 0 Å². The number of halogens is 2. The highest BCUT2D eigenvalue weighted by atomic mass is 19.3. The number of imidazole rings is 1. The average molecular weight is 343 g/mol. The summed E-state index contributed by atoms with van der Waals surface area (Å²) in [4.78, 5) is 26.9. The number of alkyl halides is 2. The zero-order chi connectivity index (χ0) is 17.6. The Bertz CT molecular complexity index is 955. The van der Waals surface area contributed by atoms with Gasteiger partial charge in [0.2, 0.25) is 0 Å². The fourth-order valence-electron chi connectivity index (χ4n) is 3.27. The van der Waals surface area contributed by atoms with E-state index in [1.165, 1.54) is 23.0 Å². The summed E-state index contributed by atoms with van der Waals surface area (Å²) in [7, 11) is 0. The molecule has 25 heavy (non-hydrogen) atoms. The quantitative estimate of drug-likeness (QED) is 0.717. The molecule has 0 aromatic carbocycles. The number of carbonyl (C=O) groups is 1. The van der Waals surface area contributed by atoms with Crippen molar-refractivity contribution in [3.8, 4) is 0 Å². The molecule has 3 aromatic rings. The van der Waals surface area contributed by atoms with Crippen LogP contribution in [-0.2, 0) is 6.42 Å². The molecule has 1 amide bonds. The number of aryl methyl sites for hydroxylation is 1. The Morgan fingerprint density at radius 3 is 3.00 bits per heavy atom. The summed E-state index contributed by atoms with van der Waals surface area (Å²) in [6.45, 7) is 1.90. The summed E-state index contributed by atoms with van der Waals surface area (Å²) in [5, 5.41) is 0. The number of amides is 1. The summed E-state index contributed by atoms with van der Waals surface area (Å²) >= 11 is 0. The Kier molecular flexibility index (Phi) is 3.67. The first kappa shape index (κ1) is 15.6. The topological polar surface area (TPSA) is 63.4 Å². The van der Waals surface area contributed by atoms with Crippen LogP contribution < -0.4 is 4.90 Å². The number of hydrogen-bond acceptors (Lipinski definition) is 4. The van der Waals surface area contributed by atoms with Gasteiger partial charge in [0, 0.05) is 24.6 Å². The number of pyridine rings is 1. The number of hydrogen-bond donors (Lipinski definition) is 0. The molecule has 0 fully saturated rings. The lowest BCUT2D eigenvalue weighted by Crippen LogP contribution is -2.43. The molecule has 1 aliphatic rings. The molecular formula is C17H15F2N5O. The van der Waals surface area contributed by atoms with Crippen molar-refractivity contribution in [3.05, 3.63) is 54.0 Å². The third-order valence-electron chi connectivity index (χ3n) is 4.45. The first-order chi connectivity index (χ1) is 12.1. The van der Waals surface area contributed by atoms with E-state index in [-0.39, 0.29) is 17.4 Å². The molecule has 0 saturated carbocycles. The molecule has 0 spiro atoms. The molecule has 1 atom stereocenters. The zero-order valence-electron chi connectivity index (χ0n) is 13.4. The molecule has 4 rings (SSSR count). The van der Waals surface area contributed by atoms with Crippen LogP contribution in [0.5, 0.6) is 0 Å². The number of fused-ring (bicyclic) bond motifs is 2. The number of carbonyl (C=O) groups excluding carboxylic acids is 1.